The molecule has 0 aromatic heterocycles. The average molecular weight is 163 g/mol. The van der Waals surface area contributed by atoms with Crippen molar-refractivity contribution in [1.82, 2.24) is 5.06 Å². The van der Waals surface area contributed by atoms with Gasteiger partial charge in [-0.3, -0.25) is 4.84 Å². The van der Waals surface area contributed by atoms with Crippen molar-refractivity contribution in [3.05, 3.63) is 35.9 Å². The van der Waals surface area contributed by atoms with E-state index in [9.17, 15) is 0 Å². The number of hydrogen-bond acceptors (Lipinski definition) is 2. The van der Waals surface area contributed by atoms with Gasteiger partial charge in [-0.2, -0.15) is 5.06 Å². The van der Waals surface area contributed by atoms with Gasteiger partial charge in [-0.15, -0.1) is 0 Å². The van der Waals surface area contributed by atoms with Gasteiger partial charge in [-0.05, 0) is 12.0 Å². The van der Waals surface area contributed by atoms with Gasteiger partial charge in [0.05, 0.1) is 6.61 Å². The van der Waals surface area contributed by atoms with E-state index in [1.54, 1.807) is 0 Å². The van der Waals surface area contributed by atoms with Gasteiger partial charge < -0.3 is 0 Å². The van der Waals surface area contributed by atoms with Gasteiger partial charge in [-0.1, -0.05) is 30.3 Å². The second-order valence-electron chi connectivity index (χ2n) is 3.04. The Kier molecular flexibility index (Phi) is 2.39. The number of nitrogens with zero attached hydrogens (tertiary/aromatic N) is 1. The van der Waals surface area contributed by atoms with E-state index in [1.165, 1.54) is 12.0 Å². The first-order valence-electron chi connectivity index (χ1n) is 4.37. The zero-order valence-electron chi connectivity index (χ0n) is 7.07. The quantitative estimate of drug-likeness (QED) is 0.674. The minimum Gasteiger partial charge on any atom is -0.294 e. The van der Waals surface area contributed by atoms with E-state index in [2.05, 4.69) is 12.1 Å². The topological polar surface area (TPSA) is 12.5 Å². The molecule has 0 aliphatic carbocycles. The Morgan fingerprint density at radius 3 is 2.50 bits per heavy atom. The molecule has 2 nitrogen and oxygen atoms in total. The van der Waals surface area contributed by atoms with Gasteiger partial charge in [0.1, 0.15) is 0 Å². The molecule has 1 heterocycles. The highest BCUT2D eigenvalue weighted by Gasteiger charge is 2.13. The van der Waals surface area contributed by atoms with Crippen LogP contribution in [0.4, 0.5) is 0 Å². The normalized spacial score (nSPS) is 17.3. The molecule has 0 radical (unpaired) electrons. The summed E-state index contributed by atoms with van der Waals surface area (Å²) in [5, 5.41) is 2.01. The van der Waals surface area contributed by atoms with Gasteiger partial charge >= 0.3 is 0 Å². The van der Waals surface area contributed by atoms with Gasteiger partial charge in [-0.25, -0.2) is 0 Å². The summed E-state index contributed by atoms with van der Waals surface area (Å²) in [7, 11) is 0. The van der Waals surface area contributed by atoms with Gasteiger partial charge in [0.15, 0.2) is 0 Å². The van der Waals surface area contributed by atoms with E-state index in [-0.39, 0.29) is 0 Å². The fraction of sp³-hybridized carbons (Fsp3) is 0.400. The van der Waals surface area contributed by atoms with Crippen LogP contribution in [0.1, 0.15) is 12.0 Å². The van der Waals surface area contributed by atoms with E-state index in [4.69, 9.17) is 4.84 Å². The van der Waals surface area contributed by atoms with Gasteiger partial charge in [0, 0.05) is 13.1 Å². The maximum absolute atomic E-state index is 5.50. The standard InChI is InChI=1S/C10H13NO/c1-2-5-10(6-3-1)9-12-11-7-4-8-11/h1-3,5-6H,4,7-9H2. The molecule has 0 spiro atoms. The van der Waals surface area contributed by atoms with Crippen molar-refractivity contribution in [2.75, 3.05) is 13.1 Å². The predicted molar refractivity (Wildman–Crippen MR) is 47.4 cm³/mol. The third-order valence-electron chi connectivity index (χ3n) is 2.07. The summed E-state index contributed by atoms with van der Waals surface area (Å²) in [5.74, 6) is 0. The fourth-order valence-corrected chi connectivity index (χ4v) is 1.16. The highest BCUT2D eigenvalue weighted by molar-refractivity contribution is 5.13. The molecule has 2 rings (SSSR count). The molecule has 0 atom stereocenters. The van der Waals surface area contributed by atoms with Crippen molar-refractivity contribution < 1.29 is 4.84 Å². The van der Waals surface area contributed by atoms with Crippen LogP contribution in [0.25, 0.3) is 0 Å². The molecule has 0 N–H and O–H groups in total. The number of hydroxylamine groups is 2. The Morgan fingerprint density at radius 1 is 1.17 bits per heavy atom. The Balaban J connectivity index is 1.79. The van der Waals surface area contributed by atoms with Crippen LogP contribution in [0.15, 0.2) is 30.3 Å². The lowest BCUT2D eigenvalue weighted by molar-refractivity contribution is -0.205. The zero-order chi connectivity index (χ0) is 8.23. The Hall–Kier alpha value is -0.860. The Bertz CT molecular complexity index is 231. The number of benzene rings is 1. The lowest BCUT2D eigenvalue weighted by atomic mass is 10.2. The van der Waals surface area contributed by atoms with Crippen molar-refractivity contribution in [3.8, 4) is 0 Å². The molecule has 1 aliphatic heterocycles. The zero-order valence-corrected chi connectivity index (χ0v) is 7.07. The first-order valence-corrected chi connectivity index (χ1v) is 4.37. The lowest BCUT2D eigenvalue weighted by Gasteiger charge is -2.29. The Morgan fingerprint density at radius 2 is 1.92 bits per heavy atom. The van der Waals surface area contributed by atoms with E-state index >= 15 is 0 Å². The summed E-state index contributed by atoms with van der Waals surface area (Å²) in [6.45, 7) is 2.89. The maximum Gasteiger partial charge on any atom is 0.0935 e. The largest absolute Gasteiger partial charge is 0.294 e. The summed E-state index contributed by atoms with van der Waals surface area (Å²) in [5.41, 5.74) is 1.24. The molecule has 0 saturated carbocycles. The molecule has 1 saturated heterocycles. The van der Waals surface area contributed by atoms with Crippen molar-refractivity contribution in [1.29, 1.82) is 0 Å². The molecule has 0 unspecified atom stereocenters. The lowest BCUT2D eigenvalue weighted by Crippen LogP contribution is -2.36. The highest BCUT2D eigenvalue weighted by Crippen LogP contribution is 2.09. The van der Waals surface area contributed by atoms with Crippen LogP contribution in [0.2, 0.25) is 0 Å². The van der Waals surface area contributed by atoms with E-state index in [0.717, 1.165) is 13.1 Å². The van der Waals surface area contributed by atoms with Crippen molar-refractivity contribution in [2.24, 2.45) is 0 Å². The minimum absolute atomic E-state index is 0.709. The van der Waals surface area contributed by atoms with E-state index in [1.807, 2.05) is 23.3 Å². The summed E-state index contributed by atoms with van der Waals surface area (Å²) >= 11 is 0. The highest BCUT2D eigenvalue weighted by atomic mass is 16.7. The smallest absolute Gasteiger partial charge is 0.0935 e. The van der Waals surface area contributed by atoms with E-state index in [0.29, 0.717) is 6.61 Å². The van der Waals surface area contributed by atoms with Crippen LogP contribution in [-0.2, 0) is 11.4 Å². The summed E-state index contributed by atoms with van der Waals surface area (Å²) < 4.78 is 0. The maximum atomic E-state index is 5.50. The summed E-state index contributed by atoms with van der Waals surface area (Å²) in [6, 6.07) is 10.3. The molecule has 12 heavy (non-hydrogen) atoms. The van der Waals surface area contributed by atoms with Gasteiger partial charge in [0.25, 0.3) is 0 Å². The Labute approximate surface area is 72.7 Å². The number of hydrogen-bond donors (Lipinski definition) is 0. The van der Waals surface area contributed by atoms with Crippen LogP contribution in [0.5, 0.6) is 0 Å². The van der Waals surface area contributed by atoms with Crippen molar-refractivity contribution in [2.45, 2.75) is 13.0 Å². The number of rotatable bonds is 3. The second-order valence-corrected chi connectivity index (χ2v) is 3.04. The van der Waals surface area contributed by atoms with Crippen LogP contribution in [-0.4, -0.2) is 18.2 Å². The molecule has 0 bridgehead atoms. The minimum atomic E-state index is 0.709. The average Bonchev–Trinajstić information content (AvgIpc) is 2.04. The van der Waals surface area contributed by atoms with Gasteiger partial charge in [0.2, 0.25) is 0 Å². The predicted octanol–water partition coefficient (Wildman–Crippen LogP) is 1.82. The molecule has 64 valence electrons. The third kappa shape index (κ3) is 1.84. The van der Waals surface area contributed by atoms with Crippen LogP contribution in [0, 0.1) is 0 Å². The summed E-state index contributed by atoms with van der Waals surface area (Å²) in [6.07, 6.45) is 1.27. The molecule has 1 aliphatic rings. The fourth-order valence-electron chi connectivity index (χ4n) is 1.16. The summed E-state index contributed by atoms with van der Waals surface area (Å²) in [4.78, 5) is 5.50. The molecule has 0 amide bonds. The van der Waals surface area contributed by atoms with Crippen molar-refractivity contribution in [3.63, 3.8) is 0 Å². The van der Waals surface area contributed by atoms with Crippen LogP contribution in [0.3, 0.4) is 0 Å². The molecule has 1 aromatic rings. The molecular weight excluding hydrogens is 150 g/mol. The first-order chi connectivity index (χ1) is 5.95. The second kappa shape index (κ2) is 3.70. The third-order valence-corrected chi connectivity index (χ3v) is 2.07. The molecule has 2 heteroatoms. The first kappa shape index (κ1) is 7.77. The molecular formula is C10H13NO. The molecule has 1 fully saturated rings. The van der Waals surface area contributed by atoms with Crippen molar-refractivity contribution >= 4 is 0 Å². The monoisotopic (exact) mass is 163 g/mol. The van der Waals surface area contributed by atoms with E-state index < -0.39 is 0 Å². The van der Waals surface area contributed by atoms with Crippen LogP contribution < -0.4 is 0 Å². The van der Waals surface area contributed by atoms with Crippen LogP contribution >= 0.6 is 0 Å². The molecule has 1 aromatic carbocycles. The SMILES string of the molecule is c1ccc(CON2CCC2)cc1.